The van der Waals surface area contributed by atoms with E-state index in [9.17, 15) is 0 Å². The number of aromatic nitrogens is 4. The highest BCUT2D eigenvalue weighted by molar-refractivity contribution is 5.05. The monoisotopic (exact) mass is 233 g/mol. The van der Waals surface area contributed by atoms with Crippen LogP contribution in [0.2, 0.25) is 0 Å². The van der Waals surface area contributed by atoms with Gasteiger partial charge in [-0.2, -0.15) is 5.10 Å². The van der Waals surface area contributed by atoms with Crippen LogP contribution in [0.4, 0.5) is 0 Å². The topological polar surface area (TPSA) is 58.5 Å². The Hall–Kier alpha value is -1.62. The van der Waals surface area contributed by atoms with Gasteiger partial charge in [0.25, 0.3) is 0 Å². The van der Waals surface area contributed by atoms with Crippen molar-refractivity contribution in [3.8, 4) is 0 Å². The van der Waals surface area contributed by atoms with Crippen LogP contribution in [0.5, 0.6) is 0 Å². The Bertz CT molecular complexity index is 431. The summed E-state index contributed by atoms with van der Waals surface area (Å²) in [4.78, 5) is 7.31. The molecule has 0 aromatic carbocycles. The maximum Gasteiger partial charge on any atom is 0.106 e. The van der Waals surface area contributed by atoms with Gasteiger partial charge < -0.3 is 10.3 Å². The minimum Gasteiger partial charge on any atom is -0.349 e. The number of H-pyrrole nitrogens is 1. The third-order valence-corrected chi connectivity index (χ3v) is 2.90. The number of aryl methyl sites for hydroxylation is 2. The Balaban J connectivity index is 1.70. The fourth-order valence-electron chi connectivity index (χ4n) is 1.92. The molecule has 92 valence electrons. The fraction of sp³-hybridized carbons (Fsp3) is 0.500. The summed E-state index contributed by atoms with van der Waals surface area (Å²) in [5.74, 6) is 1.06. The lowest BCUT2D eigenvalue weighted by Crippen LogP contribution is -2.22. The molecule has 2 rings (SSSR count). The molecule has 0 saturated heterocycles. The molecule has 0 radical (unpaired) electrons. The highest BCUT2D eigenvalue weighted by atomic mass is 15.3. The number of nitrogens with one attached hydrogen (secondary N) is 2. The van der Waals surface area contributed by atoms with E-state index in [2.05, 4.69) is 27.3 Å². The average molecular weight is 233 g/mol. The van der Waals surface area contributed by atoms with E-state index in [1.807, 2.05) is 30.2 Å². The molecular formula is C12H19N5. The van der Waals surface area contributed by atoms with Crippen molar-refractivity contribution in [1.29, 1.82) is 0 Å². The molecule has 0 saturated carbocycles. The Morgan fingerprint density at radius 3 is 3.00 bits per heavy atom. The van der Waals surface area contributed by atoms with Crippen molar-refractivity contribution < 1.29 is 0 Å². The molecule has 2 aromatic heterocycles. The second-order valence-electron chi connectivity index (χ2n) is 4.19. The molecule has 0 bridgehead atoms. The molecule has 0 aliphatic heterocycles. The Labute approximate surface area is 101 Å². The largest absolute Gasteiger partial charge is 0.349 e. The highest BCUT2D eigenvalue weighted by Crippen LogP contribution is 2.09. The zero-order valence-corrected chi connectivity index (χ0v) is 10.3. The summed E-state index contributed by atoms with van der Waals surface area (Å²) in [6.45, 7) is 3.14. The van der Waals surface area contributed by atoms with Crippen molar-refractivity contribution in [3.63, 3.8) is 0 Å². The summed E-state index contributed by atoms with van der Waals surface area (Å²) in [6, 6.07) is 2.38. The van der Waals surface area contributed by atoms with Crippen molar-refractivity contribution in [2.24, 2.45) is 7.05 Å². The molecule has 2 N–H and O–H groups in total. The Kier molecular flexibility index (Phi) is 3.93. The number of rotatable bonds is 6. The van der Waals surface area contributed by atoms with Gasteiger partial charge in [0, 0.05) is 38.1 Å². The first-order valence-electron chi connectivity index (χ1n) is 5.97. The van der Waals surface area contributed by atoms with Crippen LogP contribution in [0.25, 0.3) is 0 Å². The summed E-state index contributed by atoms with van der Waals surface area (Å²) in [7, 11) is 1.97. The minimum absolute atomic E-state index is 0.333. The van der Waals surface area contributed by atoms with Crippen molar-refractivity contribution in [2.75, 3.05) is 6.54 Å². The molecule has 0 fully saturated rings. The van der Waals surface area contributed by atoms with Gasteiger partial charge in [0.1, 0.15) is 5.82 Å². The summed E-state index contributed by atoms with van der Waals surface area (Å²) in [5, 5.41) is 7.65. The van der Waals surface area contributed by atoms with Gasteiger partial charge in [0.15, 0.2) is 0 Å². The van der Waals surface area contributed by atoms with Crippen molar-refractivity contribution in [2.45, 2.75) is 25.8 Å². The van der Waals surface area contributed by atoms with Gasteiger partial charge in [-0.25, -0.2) is 4.98 Å². The Morgan fingerprint density at radius 2 is 2.35 bits per heavy atom. The third-order valence-electron chi connectivity index (χ3n) is 2.90. The standard InChI is InChI=1S/C12H19N5/c1-10(11-5-7-16-17(11)2)13-6-3-4-12-14-8-9-15-12/h5,7-10,13H,3-4,6H2,1-2H3,(H,14,15). The predicted molar refractivity (Wildman–Crippen MR) is 66.5 cm³/mol. The van der Waals surface area contributed by atoms with E-state index in [-0.39, 0.29) is 0 Å². The van der Waals surface area contributed by atoms with Gasteiger partial charge in [-0.3, -0.25) is 4.68 Å². The first-order chi connectivity index (χ1) is 8.27. The molecule has 17 heavy (non-hydrogen) atoms. The lowest BCUT2D eigenvalue weighted by Gasteiger charge is -2.13. The molecule has 2 heterocycles. The molecule has 5 nitrogen and oxygen atoms in total. The van der Waals surface area contributed by atoms with E-state index in [4.69, 9.17) is 0 Å². The molecule has 0 spiro atoms. The second kappa shape index (κ2) is 5.63. The normalized spacial score (nSPS) is 12.8. The van der Waals surface area contributed by atoms with Gasteiger partial charge in [0.2, 0.25) is 0 Å². The zero-order chi connectivity index (χ0) is 12.1. The first-order valence-corrected chi connectivity index (χ1v) is 5.97. The van der Waals surface area contributed by atoms with Crippen molar-refractivity contribution in [3.05, 3.63) is 36.2 Å². The quantitative estimate of drug-likeness (QED) is 0.742. The molecule has 0 aliphatic rings. The molecule has 1 unspecified atom stereocenters. The fourth-order valence-corrected chi connectivity index (χ4v) is 1.92. The second-order valence-corrected chi connectivity index (χ2v) is 4.19. The smallest absolute Gasteiger partial charge is 0.106 e. The molecule has 2 aromatic rings. The first kappa shape index (κ1) is 11.9. The van der Waals surface area contributed by atoms with Crippen LogP contribution in [0, 0.1) is 0 Å². The number of nitrogens with zero attached hydrogens (tertiary/aromatic N) is 3. The van der Waals surface area contributed by atoms with Crippen LogP contribution in [-0.2, 0) is 13.5 Å². The SMILES string of the molecule is CC(NCCCc1ncc[nH]1)c1ccnn1C. The summed E-state index contributed by atoms with van der Waals surface area (Å²) < 4.78 is 1.91. The maximum absolute atomic E-state index is 4.20. The van der Waals surface area contributed by atoms with E-state index in [0.29, 0.717) is 6.04 Å². The van der Waals surface area contributed by atoms with E-state index in [1.165, 1.54) is 5.69 Å². The summed E-state index contributed by atoms with van der Waals surface area (Å²) in [6.07, 6.45) is 7.55. The predicted octanol–water partition coefficient (Wildman–Crippen LogP) is 1.43. The van der Waals surface area contributed by atoms with Gasteiger partial charge >= 0.3 is 0 Å². The van der Waals surface area contributed by atoms with Crippen molar-refractivity contribution >= 4 is 0 Å². The number of imidazole rings is 1. The molecule has 1 atom stereocenters. The summed E-state index contributed by atoms with van der Waals surface area (Å²) in [5.41, 5.74) is 1.21. The molecule has 0 amide bonds. The average Bonchev–Trinajstić information content (AvgIpc) is 2.95. The van der Waals surface area contributed by atoms with Crippen LogP contribution in [-0.4, -0.2) is 26.3 Å². The van der Waals surface area contributed by atoms with Gasteiger partial charge in [-0.05, 0) is 26.0 Å². The van der Waals surface area contributed by atoms with E-state index in [1.54, 1.807) is 6.20 Å². The number of hydrogen-bond donors (Lipinski definition) is 2. The van der Waals surface area contributed by atoms with Crippen LogP contribution < -0.4 is 5.32 Å². The van der Waals surface area contributed by atoms with E-state index < -0.39 is 0 Å². The molecule has 5 heteroatoms. The highest BCUT2D eigenvalue weighted by Gasteiger charge is 2.07. The minimum atomic E-state index is 0.333. The third kappa shape index (κ3) is 3.17. The van der Waals surface area contributed by atoms with Gasteiger partial charge in [0.05, 0.1) is 5.69 Å². The lowest BCUT2D eigenvalue weighted by molar-refractivity contribution is 0.519. The van der Waals surface area contributed by atoms with Gasteiger partial charge in [-0.15, -0.1) is 0 Å². The number of hydrogen-bond acceptors (Lipinski definition) is 3. The zero-order valence-electron chi connectivity index (χ0n) is 10.3. The van der Waals surface area contributed by atoms with Crippen LogP contribution in [0.15, 0.2) is 24.7 Å². The van der Waals surface area contributed by atoms with Gasteiger partial charge in [-0.1, -0.05) is 0 Å². The molecular weight excluding hydrogens is 214 g/mol. The maximum atomic E-state index is 4.20. The van der Waals surface area contributed by atoms with E-state index >= 15 is 0 Å². The van der Waals surface area contributed by atoms with Crippen molar-refractivity contribution in [1.82, 2.24) is 25.1 Å². The molecule has 0 aliphatic carbocycles. The number of aromatic amines is 1. The summed E-state index contributed by atoms with van der Waals surface area (Å²) >= 11 is 0. The van der Waals surface area contributed by atoms with Crippen LogP contribution >= 0.6 is 0 Å². The van der Waals surface area contributed by atoms with Crippen LogP contribution in [0.1, 0.15) is 30.9 Å². The Morgan fingerprint density at radius 1 is 1.47 bits per heavy atom. The van der Waals surface area contributed by atoms with E-state index in [0.717, 1.165) is 25.2 Å². The lowest BCUT2D eigenvalue weighted by atomic mass is 10.2. The van der Waals surface area contributed by atoms with Crippen LogP contribution in [0.3, 0.4) is 0 Å².